The molecule has 0 aromatic carbocycles. The second-order valence-electron chi connectivity index (χ2n) is 4.04. The highest BCUT2D eigenvalue weighted by Gasteiger charge is 2.20. The van der Waals surface area contributed by atoms with Gasteiger partial charge in [0.2, 0.25) is 15.6 Å². The molecule has 7 heteroatoms. The van der Waals surface area contributed by atoms with E-state index in [-0.39, 0.29) is 10.5 Å². The van der Waals surface area contributed by atoms with E-state index in [0.29, 0.717) is 13.0 Å². The van der Waals surface area contributed by atoms with E-state index >= 15 is 0 Å². The zero-order valence-electron chi connectivity index (χ0n) is 10.4. The monoisotopic (exact) mass is 298 g/mol. The smallest absolute Gasteiger partial charge is 0.247 e. The predicted octanol–water partition coefficient (Wildman–Crippen LogP) is 1.30. The molecule has 0 aliphatic carbocycles. The summed E-state index contributed by atoms with van der Waals surface area (Å²) in [6.45, 7) is 0.405. The Morgan fingerprint density at radius 1 is 1.32 bits per heavy atom. The van der Waals surface area contributed by atoms with Gasteiger partial charge in [0.15, 0.2) is 0 Å². The fourth-order valence-corrected chi connectivity index (χ4v) is 3.42. The Kier molecular flexibility index (Phi) is 4.18. The van der Waals surface area contributed by atoms with Crippen LogP contribution in [0.5, 0.6) is 0 Å². The molecule has 0 fully saturated rings. The number of aromatic nitrogens is 1. The normalized spacial score (nSPS) is 11.9. The number of sulfonamides is 1. The van der Waals surface area contributed by atoms with Crippen LogP contribution in [0.4, 0.5) is 0 Å². The van der Waals surface area contributed by atoms with Crippen molar-refractivity contribution in [2.45, 2.75) is 11.3 Å². The second-order valence-corrected chi connectivity index (χ2v) is 7.12. The molecule has 0 bridgehead atoms. The number of nitrogens with one attached hydrogen (secondary N) is 1. The van der Waals surface area contributed by atoms with Crippen molar-refractivity contribution >= 4 is 21.4 Å². The Hall–Kier alpha value is -1.44. The molecule has 0 radical (unpaired) electrons. The van der Waals surface area contributed by atoms with Crippen molar-refractivity contribution in [3.8, 4) is 0 Å². The summed E-state index contributed by atoms with van der Waals surface area (Å²) >= 11 is 1.60. The van der Waals surface area contributed by atoms with Crippen LogP contribution in [0, 0.1) is 0 Å². The number of likely N-dealkylation sites (N-methyl/N-ethyl adjacent to an activating group) is 1. The van der Waals surface area contributed by atoms with Gasteiger partial charge in [-0.05, 0) is 23.9 Å². The zero-order valence-corrected chi connectivity index (χ0v) is 12.0. The molecule has 102 valence electrons. The van der Waals surface area contributed by atoms with Gasteiger partial charge in [-0.15, -0.1) is 11.3 Å². The van der Waals surface area contributed by atoms with Crippen LogP contribution < -0.4 is 5.56 Å². The van der Waals surface area contributed by atoms with Gasteiger partial charge in [0, 0.05) is 30.7 Å². The first-order valence-electron chi connectivity index (χ1n) is 5.67. The molecule has 0 unspecified atom stereocenters. The first-order chi connectivity index (χ1) is 9.00. The number of H-pyrrole nitrogens is 1. The van der Waals surface area contributed by atoms with E-state index < -0.39 is 10.0 Å². The molecule has 0 aliphatic heterocycles. The Bertz CT molecular complexity index is 670. The van der Waals surface area contributed by atoms with Crippen LogP contribution in [0.2, 0.25) is 0 Å². The molecule has 0 spiro atoms. The summed E-state index contributed by atoms with van der Waals surface area (Å²) in [6.07, 6.45) is 1.90. The molecular formula is C12H14N2O3S2. The summed E-state index contributed by atoms with van der Waals surface area (Å²) in [5, 5.41) is 1.96. The van der Waals surface area contributed by atoms with E-state index in [0.717, 1.165) is 4.88 Å². The minimum atomic E-state index is -3.54. The zero-order chi connectivity index (χ0) is 13.9. The minimum absolute atomic E-state index is 0.0979. The van der Waals surface area contributed by atoms with Gasteiger partial charge in [0.25, 0.3) is 0 Å². The van der Waals surface area contributed by atoms with Crippen LogP contribution in [0.15, 0.2) is 45.5 Å². The summed E-state index contributed by atoms with van der Waals surface area (Å²) in [5.41, 5.74) is -0.319. The first kappa shape index (κ1) is 14.0. The maximum atomic E-state index is 12.2. The number of aromatic amines is 1. The van der Waals surface area contributed by atoms with Crippen LogP contribution >= 0.6 is 11.3 Å². The van der Waals surface area contributed by atoms with Gasteiger partial charge < -0.3 is 4.98 Å². The quantitative estimate of drug-likeness (QED) is 0.904. The summed E-state index contributed by atoms with van der Waals surface area (Å²) in [5.74, 6) is 0. The summed E-state index contributed by atoms with van der Waals surface area (Å²) in [6, 6.07) is 6.44. The van der Waals surface area contributed by atoms with E-state index in [2.05, 4.69) is 4.98 Å². The highest BCUT2D eigenvalue weighted by molar-refractivity contribution is 7.89. The third-order valence-corrected chi connectivity index (χ3v) is 5.51. The molecule has 0 saturated carbocycles. The molecule has 2 aromatic heterocycles. The third-order valence-electron chi connectivity index (χ3n) is 2.72. The van der Waals surface area contributed by atoms with Gasteiger partial charge in [-0.25, -0.2) is 12.7 Å². The second kappa shape index (κ2) is 5.68. The standard InChI is InChI=1S/C12H14N2O3S2/c1-14(7-6-10-3-2-8-18-10)19(16,17)11-4-5-12(15)13-9-11/h2-5,8-9H,6-7H2,1H3,(H,13,15). The van der Waals surface area contributed by atoms with Crippen molar-refractivity contribution in [2.24, 2.45) is 0 Å². The topological polar surface area (TPSA) is 70.2 Å². The molecule has 2 heterocycles. The maximum Gasteiger partial charge on any atom is 0.247 e. The highest BCUT2D eigenvalue weighted by atomic mass is 32.2. The fourth-order valence-electron chi connectivity index (χ4n) is 1.58. The SMILES string of the molecule is CN(CCc1cccs1)S(=O)(=O)c1ccc(=O)[nH]c1. The Morgan fingerprint density at radius 3 is 2.68 bits per heavy atom. The van der Waals surface area contributed by atoms with Crippen LogP contribution in [0.25, 0.3) is 0 Å². The van der Waals surface area contributed by atoms with Crippen molar-refractivity contribution in [2.75, 3.05) is 13.6 Å². The molecule has 19 heavy (non-hydrogen) atoms. The Labute approximate surface area is 115 Å². The molecule has 0 amide bonds. The summed E-state index contributed by atoms with van der Waals surface area (Å²) in [4.78, 5) is 14.5. The Balaban J connectivity index is 2.10. The summed E-state index contributed by atoms with van der Waals surface area (Å²) in [7, 11) is -2.01. The number of pyridine rings is 1. The average Bonchev–Trinajstić information content (AvgIpc) is 2.89. The van der Waals surface area contributed by atoms with Gasteiger partial charge in [-0.1, -0.05) is 6.07 Å². The number of rotatable bonds is 5. The molecular weight excluding hydrogens is 284 g/mol. The van der Waals surface area contributed by atoms with E-state index in [1.807, 2.05) is 17.5 Å². The lowest BCUT2D eigenvalue weighted by molar-refractivity contribution is 0.473. The van der Waals surface area contributed by atoms with E-state index in [1.165, 1.54) is 29.7 Å². The van der Waals surface area contributed by atoms with E-state index in [4.69, 9.17) is 0 Å². The number of hydrogen-bond donors (Lipinski definition) is 1. The number of nitrogens with zero attached hydrogens (tertiary/aromatic N) is 1. The van der Waals surface area contributed by atoms with Crippen LogP contribution in [0.1, 0.15) is 4.88 Å². The van der Waals surface area contributed by atoms with Crippen molar-refractivity contribution in [3.05, 3.63) is 51.1 Å². The van der Waals surface area contributed by atoms with Crippen LogP contribution in [0.3, 0.4) is 0 Å². The minimum Gasteiger partial charge on any atom is -0.328 e. The van der Waals surface area contributed by atoms with E-state index in [9.17, 15) is 13.2 Å². The van der Waals surface area contributed by atoms with Gasteiger partial charge in [0.1, 0.15) is 0 Å². The van der Waals surface area contributed by atoms with E-state index in [1.54, 1.807) is 11.3 Å². The lowest BCUT2D eigenvalue weighted by Crippen LogP contribution is -2.29. The molecule has 2 aromatic rings. The Morgan fingerprint density at radius 2 is 2.11 bits per heavy atom. The molecule has 0 saturated heterocycles. The fraction of sp³-hybridized carbons (Fsp3) is 0.250. The lowest BCUT2D eigenvalue weighted by Gasteiger charge is -2.16. The summed E-state index contributed by atoms with van der Waals surface area (Å²) < 4.78 is 25.7. The van der Waals surface area contributed by atoms with Crippen molar-refractivity contribution < 1.29 is 8.42 Å². The van der Waals surface area contributed by atoms with Crippen molar-refractivity contribution in [1.82, 2.24) is 9.29 Å². The van der Waals surface area contributed by atoms with Gasteiger partial charge in [-0.3, -0.25) is 4.79 Å². The van der Waals surface area contributed by atoms with Crippen molar-refractivity contribution in [1.29, 1.82) is 0 Å². The highest BCUT2D eigenvalue weighted by Crippen LogP contribution is 2.14. The first-order valence-corrected chi connectivity index (χ1v) is 7.99. The largest absolute Gasteiger partial charge is 0.328 e. The van der Waals surface area contributed by atoms with Crippen LogP contribution in [-0.2, 0) is 16.4 Å². The lowest BCUT2D eigenvalue weighted by atomic mass is 10.3. The van der Waals surface area contributed by atoms with Gasteiger partial charge in [0.05, 0.1) is 4.90 Å². The van der Waals surface area contributed by atoms with Gasteiger partial charge in [-0.2, -0.15) is 0 Å². The van der Waals surface area contributed by atoms with Gasteiger partial charge >= 0.3 is 0 Å². The average molecular weight is 298 g/mol. The van der Waals surface area contributed by atoms with Crippen molar-refractivity contribution in [3.63, 3.8) is 0 Å². The molecule has 0 atom stereocenters. The molecule has 2 rings (SSSR count). The molecule has 1 N–H and O–H groups in total. The number of hydrogen-bond acceptors (Lipinski definition) is 4. The predicted molar refractivity (Wildman–Crippen MR) is 74.9 cm³/mol. The molecule has 0 aliphatic rings. The third kappa shape index (κ3) is 3.31. The molecule has 5 nitrogen and oxygen atoms in total. The van der Waals surface area contributed by atoms with Crippen LogP contribution in [-0.4, -0.2) is 31.3 Å². The number of thiophene rings is 1. The maximum absolute atomic E-state index is 12.2.